The van der Waals surface area contributed by atoms with Gasteiger partial charge in [-0.25, -0.2) is 0 Å². The van der Waals surface area contributed by atoms with Gasteiger partial charge < -0.3 is 10.2 Å². The van der Waals surface area contributed by atoms with Crippen molar-refractivity contribution >= 4 is 17.3 Å². The van der Waals surface area contributed by atoms with Crippen molar-refractivity contribution in [2.24, 2.45) is 11.8 Å². The van der Waals surface area contributed by atoms with Crippen LogP contribution < -0.4 is 10.2 Å². The standard InChI is InChI=1S/C16H25ClN2/c1-12(2)9-18-15-7-13(3)10-19(11-15)16-6-4-5-14(17)8-16/h4-6,8,12-13,15,18H,7,9-11H2,1-3H3. The highest BCUT2D eigenvalue weighted by Gasteiger charge is 2.24. The largest absolute Gasteiger partial charge is 0.370 e. The summed E-state index contributed by atoms with van der Waals surface area (Å²) in [6.07, 6.45) is 1.27. The molecule has 2 rings (SSSR count). The molecule has 1 fully saturated rings. The van der Waals surface area contributed by atoms with E-state index in [1.54, 1.807) is 0 Å². The molecule has 0 bridgehead atoms. The molecule has 106 valence electrons. The van der Waals surface area contributed by atoms with Gasteiger partial charge in [0, 0.05) is 29.8 Å². The minimum atomic E-state index is 0.588. The normalized spacial score (nSPS) is 23.9. The molecule has 1 aromatic carbocycles. The molecule has 1 aromatic rings. The maximum absolute atomic E-state index is 6.10. The number of halogens is 1. The van der Waals surface area contributed by atoms with Crippen molar-refractivity contribution < 1.29 is 0 Å². The molecule has 1 N–H and O–H groups in total. The second-order valence-corrected chi connectivity index (χ2v) is 6.66. The lowest BCUT2D eigenvalue weighted by Gasteiger charge is -2.38. The predicted molar refractivity (Wildman–Crippen MR) is 84.1 cm³/mol. The van der Waals surface area contributed by atoms with Crippen LogP contribution in [0, 0.1) is 11.8 Å². The van der Waals surface area contributed by atoms with E-state index in [0.29, 0.717) is 12.0 Å². The Kier molecular flexibility index (Phi) is 5.12. The van der Waals surface area contributed by atoms with Crippen molar-refractivity contribution in [1.29, 1.82) is 0 Å². The monoisotopic (exact) mass is 280 g/mol. The van der Waals surface area contributed by atoms with Gasteiger partial charge in [0.2, 0.25) is 0 Å². The number of hydrogen-bond donors (Lipinski definition) is 1. The molecule has 0 spiro atoms. The lowest BCUT2D eigenvalue weighted by atomic mass is 9.95. The Morgan fingerprint density at radius 3 is 2.84 bits per heavy atom. The van der Waals surface area contributed by atoms with Gasteiger partial charge in [-0.05, 0) is 43.0 Å². The predicted octanol–water partition coefficient (Wildman–Crippen LogP) is 3.80. The van der Waals surface area contributed by atoms with Gasteiger partial charge in [0.15, 0.2) is 0 Å². The van der Waals surface area contributed by atoms with E-state index in [4.69, 9.17) is 11.6 Å². The smallest absolute Gasteiger partial charge is 0.0426 e. The third kappa shape index (κ3) is 4.39. The Morgan fingerprint density at radius 2 is 2.16 bits per heavy atom. The maximum atomic E-state index is 6.10. The number of rotatable bonds is 4. The summed E-state index contributed by atoms with van der Waals surface area (Å²) in [4.78, 5) is 2.46. The Bertz CT molecular complexity index is 405. The summed E-state index contributed by atoms with van der Waals surface area (Å²) >= 11 is 6.10. The summed E-state index contributed by atoms with van der Waals surface area (Å²) in [5.74, 6) is 1.43. The van der Waals surface area contributed by atoms with E-state index in [0.717, 1.165) is 30.6 Å². The average molecular weight is 281 g/mol. The van der Waals surface area contributed by atoms with Crippen molar-refractivity contribution in [3.63, 3.8) is 0 Å². The van der Waals surface area contributed by atoms with Gasteiger partial charge in [0.25, 0.3) is 0 Å². The summed E-state index contributed by atoms with van der Waals surface area (Å²) in [6, 6.07) is 8.79. The topological polar surface area (TPSA) is 15.3 Å². The lowest BCUT2D eigenvalue weighted by Crippen LogP contribution is -2.49. The zero-order valence-electron chi connectivity index (χ0n) is 12.2. The van der Waals surface area contributed by atoms with E-state index in [1.165, 1.54) is 12.1 Å². The van der Waals surface area contributed by atoms with Gasteiger partial charge in [0.05, 0.1) is 0 Å². The molecular weight excluding hydrogens is 256 g/mol. The van der Waals surface area contributed by atoms with E-state index in [9.17, 15) is 0 Å². The first kappa shape index (κ1) is 14.7. The van der Waals surface area contributed by atoms with Crippen LogP contribution in [0.15, 0.2) is 24.3 Å². The fourth-order valence-electron chi connectivity index (χ4n) is 2.79. The quantitative estimate of drug-likeness (QED) is 0.902. The van der Waals surface area contributed by atoms with Crippen LogP contribution in [-0.4, -0.2) is 25.7 Å². The Hall–Kier alpha value is -0.730. The van der Waals surface area contributed by atoms with E-state index in [1.807, 2.05) is 12.1 Å². The first-order valence-electron chi connectivity index (χ1n) is 7.28. The molecule has 19 heavy (non-hydrogen) atoms. The Morgan fingerprint density at radius 1 is 1.37 bits per heavy atom. The van der Waals surface area contributed by atoms with Crippen molar-refractivity contribution in [2.75, 3.05) is 24.5 Å². The van der Waals surface area contributed by atoms with Gasteiger partial charge in [-0.1, -0.05) is 38.4 Å². The summed E-state index contributed by atoms with van der Waals surface area (Å²) in [7, 11) is 0. The first-order valence-corrected chi connectivity index (χ1v) is 7.66. The van der Waals surface area contributed by atoms with Crippen LogP contribution in [0.2, 0.25) is 5.02 Å². The lowest BCUT2D eigenvalue weighted by molar-refractivity contribution is 0.339. The van der Waals surface area contributed by atoms with Gasteiger partial charge >= 0.3 is 0 Å². The third-order valence-corrected chi connectivity index (χ3v) is 3.88. The number of piperidine rings is 1. The highest BCUT2D eigenvalue weighted by atomic mass is 35.5. The molecule has 1 heterocycles. The van der Waals surface area contributed by atoms with Crippen molar-refractivity contribution in [3.05, 3.63) is 29.3 Å². The van der Waals surface area contributed by atoms with Crippen LogP contribution in [0.25, 0.3) is 0 Å². The van der Waals surface area contributed by atoms with E-state index < -0.39 is 0 Å². The molecule has 1 aliphatic heterocycles. The molecule has 2 nitrogen and oxygen atoms in total. The summed E-state index contributed by atoms with van der Waals surface area (Å²) in [5.41, 5.74) is 1.25. The van der Waals surface area contributed by atoms with Crippen molar-refractivity contribution in [3.8, 4) is 0 Å². The average Bonchev–Trinajstić information content (AvgIpc) is 2.36. The zero-order valence-corrected chi connectivity index (χ0v) is 13.0. The zero-order chi connectivity index (χ0) is 13.8. The first-order chi connectivity index (χ1) is 9.04. The minimum Gasteiger partial charge on any atom is -0.370 e. The van der Waals surface area contributed by atoms with E-state index in [-0.39, 0.29) is 0 Å². The van der Waals surface area contributed by atoms with Crippen LogP contribution in [0.1, 0.15) is 27.2 Å². The fourth-order valence-corrected chi connectivity index (χ4v) is 2.97. The molecule has 1 saturated heterocycles. The molecule has 0 amide bonds. The highest BCUT2D eigenvalue weighted by molar-refractivity contribution is 6.30. The van der Waals surface area contributed by atoms with Crippen LogP contribution in [0.4, 0.5) is 5.69 Å². The number of nitrogens with zero attached hydrogens (tertiary/aromatic N) is 1. The Balaban J connectivity index is 2.01. The van der Waals surface area contributed by atoms with Gasteiger partial charge in [-0.15, -0.1) is 0 Å². The molecule has 0 radical (unpaired) electrons. The number of benzene rings is 1. The molecule has 3 heteroatoms. The van der Waals surface area contributed by atoms with Crippen LogP contribution >= 0.6 is 11.6 Å². The van der Waals surface area contributed by atoms with Crippen molar-refractivity contribution in [2.45, 2.75) is 33.2 Å². The molecule has 0 aromatic heterocycles. The molecule has 2 atom stereocenters. The van der Waals surface area contributed by atoms with E-state index in [2.05, 4.69) is 43.1 Å². The number of nitrogens with one attached hydrogen (secondary N) is 1. The second kappa shape index (κ2) is 6.62. The molecule has 0 aliphatic carbocycles. The molecule has 0 saturated carbocycles. The molecule has 1 aliphatic rings. The molecular formula is C16H25ClN2. The van der Waals surface area contributed by atoms with Gasteiger partial charge in [0.1, 0.15) is 0 Å². The maximum Gasteiger partial charge on any atom is 0.0426 e. The summed E-state index contributed by atoms with van der Waals surface area (Å²) in [6.45, 7) is 10.2. The van der Waals surface area contributed by atoms with Crippen LogP contribution in [-0.2, 0) is 0 Å². The van der Waals surface area contributed by atoms with Gasteiger partial charge in [-0.3, -0.25) is 0 Å². The Labute approximate surface area is 122 Å². The van der Waals surface area contributed by atoms with Crippen LogP contribution in [0.5, 0.6) is 0 Å². The number of hydrogen-bond acceptors (Lipinski definition) is 2. The summed E-state index contributed by atoms with van der Waals surface area (Å²) < 4.78 is 0. The summed E-state index contributed by atoms with van der Waals surface area (Å²) in [5, 5.41) is 4.51. The van der Waals surface area contributed by atoms with Gasteiger partial charge in [-0.2, -0.15) is 0 Å². The SMILES string of the molecule is CC(C)CNC1CC(C)CN(c2cccc(Cl)c2)C1. The third-order valence-electron chi connectivity index (χ3n) is 3.65. The second-order valence-electron chi connectivity index (χ2n) is 6.22. The highest BCUT2D eigenvalue weighted by Crippen LogP contribution is 2.25. The van der Waals surface area contributed by atoms with Crippen LogP contribution in [0.3, 0.4) is 0 Å². The fraction of sp³-hybridized carbons (Fsp3) is 0.625. The minimum absolute atomic E-state index is 0.588. The van der Waals surface area contributed by atoms with Crippen molar-refractivity contribution in [1.82, 2.24) is 5.32 Å². The number of anilines is 1. The van der Waals surface area contributed by atoms with E-state index >= 15 is 0 Å². The molecule has 2 unspecified atom stereocenters.